The smallest absolute Gasteiger partial charge is 0.357 e. The molecule has 3 aromatic heterocycles. The lowest BCUT2D eigenvalue weighted by atomic mass is 9.96. The Bertz CT molecular complexity index is 1000. The van der Waals surface area contributed by atoms with E-state index in [0.29, 0.717) is 24.1 Å². The molecule has 10 heteroatoms. The number of hydrogen-bond acceptors (Lipinski definition) is 5. The molecule has 0 radical (unpaired) electrons. The van der Waals surface area contributed by atoms with Gasteiger partial charge in [-0.1, -0.05) is 0 Å². The zero-order valence-corrected chi connectivity index (χ0v) is 15.0. The summed E-state index contributed by atoms with van der Waals surface area (Å²) < 4.78 is 36.9. The summed E-state index contributed by atoms with van der Waals surface area (Å²) in [6, 6.07) is 3.69. The van der Waals surface area contributed by atoms with Crippen molar-refractivity contribution >= 4 is 33.7 Å². The van der Waals surface area contributed by atoms with Gasteiger partial charge < -0.3 is 15.2 Å². The topological polar surface area (TPSA) is 86.8 Å². The van der Waals surface area contributed by atoms with Crippen molar-refractivity contribution in [1.82, 2.24) is 25.5 Å². The molecule has 28 heavy (non-hydrogen) atoms. The second-order valence-electron chi connectivity index (χ2n) is 6.91. The second kappa shape index (κ2) is 7.25. The van der Waals surface area contributed by atoms with Gasteiger partial charge in [0.05, 0.1) is 23.2 Å². The van der Waals surface area contributed by atoms with Crippen LogP contribution in [0.4, 0.5) is 19.0 Å². The second-order valence-corrected chi connectivity index (χ2v) is 6.91. The molecule has 1 fully saturated rings. The van der Waals surface area contributed by atoms with E-state index >= 15 is 0 Å². The number of carbonyl (C=O) groups is 1. The number of alkyl halides is 3. The third kappa shape index (κ3) is 3.71. The minimum atomic E-state index is -4.27. The largest absolute Gasteiger partial charge is 0.390 e. The zero-order chi connectivity index (χ0) is 19.7. The number of pyridine rings is 1. The number of halogens is 3. The van der Waals surface area contributed by atoms with Gasteiger partial charge in [-0.3, -0.25) is 4.79 Å². The van der Waals surface area contributed by atoms with Gasteiger partial charge in [-0.05, 0) is 25.0 Å². The molecule has 0 saturated carbocycles. The number of anilines is 1. The van der Waals surface area contributed by atoms with Gasteiger partial charge in [-0.15, -0.1) is 10.2 Å². The third-order valence-electron chi connectivity index (χ3n) is 4.97. The van der Waals surface area contributed by atoms with Crippen LogP contribution in [0.15, 0.2) is 24.5 Å². The van der Waals surface area contributed by atoms with E-state index in [9.17, 15) is 18.0 Å². The first-order chi connectivity index (χ1) is 13.4. The number of fused-ring (bicyclic) bond motifs is 3. The Balaban J connectivity index is 1.55. The Morgan fingerprint density at radius 1 is 1.32 bits per heavy atom. The number of amides is 1. The van der Waals surface area contributed by atoms with Gasteiger partial charge in [0.25, 0.3) is 0 Å². The average Bonchev–Trinajstić information content (AvgIpc) is 3.15. The number of piperidine rings is 1. The summed E-state index contributed by atoms with van der Waals surface area (Å²) >= 11 is 0. The van der Waals surface area contributed by atoms with E-state index in [2.05, 4.69) is 25.5 Å². The van der Waals surface area contributed by atoms with Gasteiger partial charge >= 0.3 is 6.18 Å². The first-order valence-corrected chi connectivity index (χ1v) is 9.10. The summed E-state index contributed by atoms with van der Waals surface area (Å²) in [5.74, 6) is 0.112. The minimum absolute atomic E-state index is 0.339. The highest BCUT2D eigenvalue weighted by molar-refractivity contribution is 6.08. The normalized spacial score (nSPS) is 18.0. The molecule has 4 rings (SSSR count). The van der Waals surface area contributed by atoms with Crippen molar-refractivity contribution in [2.24, 2.45) is 5.92 Å². The molecule has 1 aliphatic rings. The van der Waals surface area contributed by atoms with Crippen LogP contribution in [0.25, 0.3) is 21.9 Å². The molecule has 0 spiro atoms. The lowest BCUT2D eigenvalue weighted by molar-refractivity contribution is -0.136. The van der Waals surface area contributed by atoms with E-state index in [4.69, 9.17) is 0 Å². The summed E-state index contributed by atoms with van der Waals surface area (Å²) in [5.41, 5.74) is 1.26. The predicted octanol–water partition coefficient (Wildman–Crippen LogP) is 2.79. The monoisotopic (exact) mass is 392 g/mol. The first kappa shape index (κ1) is 18.5. The van der Waals surface area contributed by atoms with E-state index in [1.54, 1.807) is 12.4 Å². The molecule has 4 heterocycles. The van der Waals surface area contributed by atoms with Crippen LogP contribution in [-0.2, 0) is 4.79 Å². The lowest BCUT2D eigenvalue weighted by Gasteiger charge is -2.34. The van der Waals surface area contributed by atoms with Crippen molar-refractivity contribution in [1.29, 1.82) is 0 Å². The highest BCUT2D eigenvalue weighted by Crippen LogP contribution is 2.31. The van der Waals surface area contributed by atoms with E-state index in [1.165, 1.54) is 0 Å². The van der Waals surface area contributed by atoms with Crippen molar-refractivity contribution in [3.63, 3.8) is 0 Å². The Morgan fingerprint density at radius 2 is 2.18 bits per heavy atom. The summed E-state index contributed by atoms with van der Waals surface area (Å²) in [4.78, 5) is 21.8. The van der Waals surface area contributed by atoms with Gasteiger partial charge in [-0.2, -0.15) is 13.2 Å². The summed E-state index contributed by atoms with van der Waals surface area (Å²) in [6.45, 7) is 0.764. The average molecular weight is 392 g/mol. The highest BCUT2D eigenvalue weighted by atomic mass is 19.4. The van der Waals surface area contributed by atoms with Crippen LogP contribution >= 0.6 is 0 Å². The number of aromatic amines is 1. The Labute approximate surface area is 158 Å². The predicted molar refractivity (Wildman–Crippen MR) is 97.8 cm³/mol. The van der Waals surface area contributed by atoms with Gasteiger partial charge in [-0.25, -0.2) is 4.98 Å². The number of hydrogen-bond donors (Lipinski definition) is 2. The van der Waals surface area contributed by atoms with Crippen LogP contribution in [0.3, 0.4) is 0 Å². The maximum atomic E-state index is 12.3. The maximum absolute atomic E-state index is 12.3. The molecule has 0 aromatic carbocycles. The molecule has 0 aliphatic carbocycles. The van der Waals surface area contributed by atoms with Crippen LogP contribution in [0.2, 0.25) is 0 Å². The Morgan fingerprint density at radius 3 is 3.00 bits per heavy atom. The van der Waals surface area contributed by atoms with E-state index in [1.807, 2.05) is 17.0 Å². The standard InChI is InChI=1S/C18H19F3N6O/c19-18(20,21)5-8-24-17(28)11-2-1-9-27(10-11)16-14-12-3-6-22-15(12)26-25-13(14)4-7-23-16/h3-4,6-7,11,23H,1-2,5,8-10H2,(H,24,28). The Hall–Kier alpha value is -2.91. The maximum Gasteiger partial charge on any atom is 0.390 e. The number of carbonyl (C=O) groups excluding carboxylic acids is 1. The quantitative estimate of drug-likeness (QED) is 0.713. The van der Waals surface area contributed by atoms with Crippen LogP contribution in [0.5, 0.6) is 0 Å². The zero-order valence-electron chi connectivity index (χ0n) is 15.0. The summed E-state index contributed by atoms with van der Waals surface area (Å²) in [5, 5.41) is 12.5. The van der Waals surface area contributed by atoms with Gasteiger partial charge in [0.1, 0.15) is 5.82 Å². The van der Waals surface area contributed by atoms with Gasteiger partial charge in [0, 0.05) is 37.4 Å². The molecular formula is C18H19F3N6O. The van der Waals surface area contributed by atoms with Crippen LogP contribution < -0.4 is 10.2 Å². The van der Waals surface area contributed by atoms with Gasteiger partial charge in [0.2, 0.25) is 5.91 Å². The summed E-state index contributed by atoms with van der Waals surface area (Å²) in [6.07, 6.45) is -0.449. The molecule has 1 unspecified atom stereocenters. The fourth-order valence-electron chi connectivity index (χ4n) is 3.64. The lowest BCUT2D eigenvalue weighted by Crippen LogP contribution is -2.44. The number of nitrogens with zero attached hydrogens (tertiary/aromatic N) is 4. The van der Waals surface area contributed by atoms with Crippen molar-refractivity contribution in [2.75, 3.05) is 24.5 Å². The molecule has 0 bridgehead atoms. The van der Waals surface area contributed by atoms with E-state index < -0.39 is 19.1 Å². The van der Waals surface area contributed by atoms with E-state index in [-0.39, 0.29) is 11.8 Å². The first-order valence-electron chi connectivity index (χ1n) is 9.10. The summed E-state index contributed by atoms with van der Waals surface area (Å²) in [7, 11) is 0. The molecule has 1 atom stereocenters. The molecule has 3 aromatic rings. The molecular weight excluding hydrogens is 373 g/mol. The van der Waals surface area contributed by atoms with E-state index in [0.717, 1.165) is 29.6 Å². The van der Waals surface area contributed by atoms with Crippen LogP contribution in [0, 0.1) is 5.92 Å². The third-order valence-corrected chi connectivity index (χ3v) is 4.97. The number of aromatic nitrogens is 4. The fraction of sp³-hybridized carbons (Fsp3) is 0.444. The highest BCUT2D eigenvalue weighted by Gasteiger charge is 2.30. The number of rotatable bonds is 4. The number of H-pyrrole nitrogens is 1. The minimum Gasteiger partial charge on any atom is -0.357 e. The SMILES string of the molecule is O=C(NCCC(F)(F)F)C1CCCN(c2[nH]ccc3nnc4nccc4c23)C1. The van der Waals surface area contributed by atoms with Crippen LogP contribution in [-0.4, -0.2) is 51.9 Å². The molecule has 7 nitrogen and oxygen atoms in total. The molecule has 1 amide bonds. The Kier molecular flexibility index (Phi) is 4.78. The molecule has 148 valence electrons. The molecule has 1 aliphatic heterocycles. The number of nitrogens with one attached hydrogen (secondary N) is 2. The van der Waals surface area contributed by atoms with Crippen molar-refractivity contribution in [2.45, 2.75) is 25.4 Å². The fourth-order valence-corrected chi connectivity index (χ4v) is 3.64. The van der Waals surface area contributed by atoms with Crippen molar-refractivity contribution < 1.29 is 18.0 Å². The van der Waals surface area contributed by atoms with Crippen molar-refractivity contribution in [3.05, 3.63) is 24.5 Å². The molecule has 1 saturated heterocycles. The van der Waals surface area contributed by atoms with Gasteiger partial charge in [0.15, 0.2) is 5.65 Å². The van der Waals surface area contributed by atoms with Crippen LogP contribution in [0.1, 0.15) is 19.3 Å². The van der Waals surface area contributed by atoms with Crippen molar-refractivity contribution in [3.8, 4) is 0 Å². The molecule has 2 N–H and O–H groups in total.